The average Bonchev–Trinajstić information content (AvgIpc) is 3.26. The third kappa shape index (κ3) is 3.70. The molecular formula is C16H21N5O4S. The van der Waals surface area contributed by atoms with Gasteiger partial charge < -0.3 is 8.94 Å². The largest absolute Gasteiger partial charge is 0.440 e. The number of aryl methyl sites for hydroxylation is 4. The van der Waals surface area contributed by atoms with Crippen LogP contribution in [0.4, 0.5) is 0 Å². The molecule has 0 bridgehead atoms. The average molecular weight is 379 g/mol. The first kappa shape index (κ1) is 18.3. The molecule has 3 aromatic heterocycles. The number of hydrogen-bond acceptors (Lipinski definition) is 7. The van der Waals surface area contributed by atoms with Crippen LogP contribution in [0.5, 0.6) is 0 Å². The summed E-state index contributed by atoms with van der Waals surface area (Å²) in [5.41, 5.74) is 1.55. The van der Waals surface area contributed by atoms with Gasteiger partial charge >= 0.3 is 0 Å². The maximum absolute atomic E-state index is 12.4. The Kier molecular flexibility index (Phi) is 4.97. The van der Waals surface area contributed by atoms with Crippen LogP contribution in [0.25, 0.3) is 11.5 Å². The van der Waals surface area contributed by atoms with Gasteiger partial charge in [-0.15, -0.1) is 0 Å². The van der Waals surface area contributed by atoms with Gasteiger partial charge in [-0.2, -0.15) is 5.10 Å². The molecule has 0 amide bonds. The van der Waals surface area contributed by atoms with E-state index in [2.05, 4.69) is 20.0 Å². The Labute approximate surface area is 151 Å². The lowest BCUT2D eigenvalue weighted by Gasteiger charge is -2.05. The summed E-state index contributed by atoms with van der Waals surface area (Å²) in [4.78, 5) is 4.21. The van der Waals surface area contributed by atoms with Crippen molar-refractivity contribution in [3.8, 4) is 11.5 Å². The maximum Gasteiger partial charge on any atom is 0.273 e. The van der Waals surface area contributed by atoms with Crippen LogP contribution in [0.3, 0.4) is 0 Å². The molecule has 3 heterocycles. The molecule has 140 valence electrons. The van der Waals surface area contributed by atoms with Gasteiger partial charge in [0.2, 0.25) is 10.9 Å². The maximum atomic E-state index is 12.4. The summed E-state index contributed by atoms with van der Waals surface area (Å²) < 4.78 is 39.7. The number of rotatable bonds is 7. The number of hydrogen-bond donors (Lipinski definition) is 1. The van der Waals surface area contributed by atoms with Crippen molar-refractivity contribution >= 4 is 10.0 Å². The fourth-order valence-corrected chi connectivity index (χ4v) is 3.51. The van der Waals surface area contributed by atoms with Crippen LogP contribution >= 0.6 is 0 Å². The van der Waals surface area contributed by atoms with E-state index in [0.29, 0.717) is 30.3 Å². The first-order chi connectivity index (χ1) is 12.3. The van der Waals surface area contributed by atoms with Gasteiger partial charge in [-0.3, -0.25) is 4.68 Å². The Hall–Kier alpha value is -2.46. The summed E-state index contributed by atoms with van der Waals surface area (Å²) in [5, 5.41) is 7.93. The number of nitrogens with zero attached hydrogens (tertiary/aromatic N) is 4. The molecule has 3 rings (SSSR count). The quantitative estimate of drug-likeness (QED) is 0.625. The number of furan rings is 1. The van der Waals surface area contributed by atoms with Crippen molar-refractivity contribution in [2.24, 2.45) is 0 Å². The molecule has 0 atom stereocenters. The lowest BCUT2D eigenvalue weighted by atomic mass is 10.2. The first-order valence-corrected chi connectivity index (χ1v) is 9.67. The molecule has 3 aromatic rings. The molecule has 1 N–H and O–H groups in total. The molecule has 0 aliphatic carbocycles. The molecule has 0 unspecified atom stereocenters. The molecular weight excluding hydrogens is 358 g/mol. The highest BCUT2D eigenvalue weighted by molar-refractivity contribution is 7.89. The Bertz CT molecular complexity index is 1020. The van der Waals surface area contributed by atoms with E-state index in [4.69, 9.17) is 8.94 Å². The molecule has 10 heteroatoms. The summed E-state index contributed by atoms with van der Waals surface area (Å²) in [6, 6.07) is 2.96. The summed E-state index contributed by atoms with van der Waals surface area (Å²) in [7, 11) is -3.74. The zero-order chi connectivity index (χ0) is 18.9. The van der Waals surface area contributed by atoms with Crippen molar-refractivity contribution < 1.29 is 17.4 Å². The van der Waals surface area contributed by atoms with Gasteiger partial charge in [-0.05, 0) is 46.2 Å². The molecule has 0 aliphatic rings. The number of nitrogens with one attached hydrogen (secondary N) is 1. The van der Waals surface area contributed by atoms with Gasteiger partial charge in [0.05, 0.1) is 5.69 Å². The monoisotopic (exact) mass is 379 g/mol. The second kappa shape index (κ2) is 7.04. The van der Waals surface area contributed by atoms with Crippen LogP contribution in [-0.2, 0) is 16.6 Å². The van der Waals surface area contributed by atoms with E-state index in [1.807, 2.05) is 27.7 Å². The molecule has 0 saturated heterocycles. The second-order valence-electron chi connectivity index (χ2n) is 6.02. The van der Waals surface area contributed by atoms with Crippen molar-refractivity contribution in [2.45, 2.75) is 45.8 Å². The predicted molar refractivity (Wildman–Crippen MR) is 93.0 cm³/mol. The van der Waals surface area contributed by atoms with E-state index in [-0.39, 0.29) is 11.6 Å². The molecule has 0 spiro atoms. The Morgan fingerprint density at radius 2 is 1.96 bits per heavy atom. The summed E-state index contributed by atoms with van der Waals surface area (Å²) in [6.07, 6.45) is 0.580. The van der Waals surface area contributed by atoms with Crippen LogP contribution in [0, 0.1) is 27.7 Å². The minimum Gasteiger partial charge on any atom is -0.440 e. The van der Waals surface area contributed by atoms with E-state index in [1.165, 1.54) is 6.07 Å². The van der Waals surface area contributed by atoms with Gasteiger partial charge in [-0.1, -0.05) is 5.16 Å². The molecule has 26 heavy (non-hydrogen) atoms. The van der Waals surface area contributed by atoms with Crippen molar-refractivity contribution in [3.63, 3.8) is 0 Å². The zero-order valence-corrected chi connectivity index (χ0v) is 15.9. The number of aromatic nitrogens is 4. The minimum absolute atomic E-state index is 0.159. The van der Waals surface area contributed by atoms with E-state index in [9.17, 15) is 8.42 Å². The van der Waals surface area contributed by atoms with Gasteiger partial charge in [0.25, 0.3) is 10.0 Å². The van der Waals surface area contributed by atoms with Crippen LogP contribution < -0.4 is 4.72 Å². The Morgan fingerprint density at radius 1 is 1.19 bits per heavy atom. The lowest BCUT2D eigenvalue weighted by Crippen LogP contribution is -2.25. The standard InChI is InChI=1S/C16H21N5O4S/c1-10-11(2)20-25-16(10)14-6-7-15(24-14)26(22,23)17-8-5-9-21-13(4)18-12(3)19-21/h6-7,17H,5,8-9H2,1-4H3. The van der Waals surface area contributed by atoms with Gasteiger partial charge in [0, 0.05) is 18.7 Å². The minimum atomic E-state index is -3.74. The van der Waals surface area contributed by atoms with E-state index in [0.717, 1.165) is 17.1 Å². The Morgan fingerprint density at radius 3 is 2.58 bits per heavy atom. The molecule has 0 aromatic carbocycles. The fourth-order valence-electron chi connectivity index (χ4n) is 2.51. The predicted octanol–water partition coefficient (Wildman–Crippen LogP) is 2.13. The highest BCUT2D eigenvalue weighted by atomic mass is 32.2. The lowest BCUT2D eigenvalue weighted by molar-refractivity contribution is 0.397. The van der Waals surface area contributed by atoms with Crippen molar-refractivity contribution in [1.29, 1.82) is 0 Å². The SMILES string of the molecule is Cc1nc(C)n(CCCNS(=O)(=O)c2ccc(-c3onc(C)c3C)o2)n1. The van der Waals surface area contributed by atoms with Crippen LogP contribution in [0.2, 0.25) is 0 Å². The molecule has 9 nitrogen and oxygen atoms in total. The normalized spacial score (nSPS) is 12.0. The van der Waals surface area contributed by atoms with Crippen LogP contribution in [-0.4, -0.2) is 34.9 Å². The van der Waals surface area contributed by atoms with E-state index >= 15 is 0 Å². The highest BCUT2D eigenvalue weighted by Gasteiger charge is 2.21. The summed E-state index contributed by atoms with van der Waals surface area (Å²) >= 11 is 0. The van der Waals surface area contributed by atoms with Gasteiger partial charge in [-0.25, -0.2) is 18.1 Å². The third-order valence-corrected chi connectivity index (χ3v) is 5.36. The van der Waals surface area contributed by atoms with Crippen LogP contribution in [0.1, 0.15) is 29.3 Å². The molecule has 0 saturated carbocycles. The van der Waals surface area contributed by atoms with Gasteiger partial charge in [0.15, 0.2) is 5.76 Å². The first-order valence-electron chi connectivity index (χ1n) is 8.19. The second-order valence-corrected chi connectivity index (χ2v) is 7.72. The van der Waals surface area contributed by atoms with Crippen molar-refractivity contribution in [1.82, 2.24) is 24.6 Å². The third-order valence-electron chi connectivity index (χ3n) is 4.03. The van der Waals surface area contributed by atoms with E-state index in [1.54, 1.807) is 10.7 Å². The topological polar surface area (TPSA) is 116 Å². The summed E-state index contributed by atoms with van der Waals surface area (Å²) in [5.74, 6) is 2.26. The number of sulfonamides is 1. The van der Waals surface area contributed by atoms with Crippen molar-refractivity contribution in [2.75, 3.05) is 6.54 Å². The fraction of sp³-hybridized carbons (Fsp3) is 0.438. The molecule has 0 radical (unpaired) electrons. The smallest absolute Gasteiger partial charge is 0.273 e. The Balaban J connectivity index is 1.62. The van der Waals surface area contributed by atoms with Crippen molar-refractivity contribution in [3.05, 3.63) is 35.0 Å². The van der Waals surface area contributed by atoms with Crippen LogP contribution in [0.15, 0.2) is 26.2 Å². The molecule has 0 aliphatic heterocycles. The highest BCUT2D eigenvalue weighted by Crippen LogP contribution is 2.28. The zero-order valence-electron chi connectivity index (χ0n) is 15.1. The van der Waals surface area contributed by atoms with Gasteiger partial charge in [0.1, 0.15) is 11.6 Å². The summed E-state index contributed by atoms with van der Waals surface area (Å²) in [6.45, 7) is 8.17. The molecule has 0 fully saturated rings. The van der Waals surface area contributed by atoms with E-state index < -0.39 is 10.0 Å².